The van der Waals surface area contributed by atoms with Crippen molar-refractivity contribution in [3.63, 3.8) is 0 Å². The van der Waals surface area contributed by atoms with Crippen molar-refractivity contribution in [1.82, 2.24) is 0 Å². The Balaban J connectivity index is 1.92. The molecule has 4 heteroatoms. The Morgan fingerprint density at radius 3 is 2.88 bits per heavy atom. The van der Waals surface area contributed by atoms with Crippen molar-refractivity contribution in [1.29, 1.82) is 5.26 Å². The van der Waals surface area contributed by atoms with E-state index in [1.54, 1.807) is 12.1 Å². The van der Waals surface area contributed by atoms with Gasteiger partial charge in [0.15, 0.2) is 0 Å². The molecule has 0 aromatic heterocycles. The molecule has 2 N–H and O–H groups in total. The summed E-state index contributed by atoms with van der Waals surface area (Å²) in [6.07, 6.45) is 1.48. The molecule has 1 fully saturated rings. The third-order valence-corrected chi connectivity index (χ3v) is 2.89. The third kappa shape index (κ3) is 2.31. The van der Waals surface area contributed by atoms with E-state index in [1.165, 1.54) is 12.1 Å². The largest absolute Gasteiger partial charge is 0.393 e. The Kier molecular flexibility index (Phi) is 3.07. The molecule has 3 nitrogen and oxygen atoms in total. The highest BCUT2D eigenvalue weighted by atomic mass is 19.1. The molecule has 1 aliphatic carbocycles. The topological polar surface area (TPSA) is 56.0 Å². The van der Waals surface area contributed by atoms with Crippen molar-refractivity contribution < 1.29 is 9.50 Å². The summed E-state index contributed by atoms with van der Waals surface area (Å²) >= 11 is 0. The summed E-state index contributed by atoms with van der Waals surface area (Å²) in [5.41, 5.74) is 0.804. The van der Waals surface area contributed by atoms with E-state index >= 15 is 0 Å². The molecule has 0 radical (unpaired) electrons. The molecule has 16 heavy (non-hydrogen) atoms. The maximum absolute atomic E-state index is 13.0. The van der Waals surface area contributed by atoms with Crippen LogP contribution < -0.4 is 5.32 Å². The van der Waals surface area contributed by atoms with Gasteiger partial charge < -0.3 is 10.4 Å². The fourth-order valence-electron chi connectivity index (χ4n) is 1.85. The van der Waals surface area contributed by atoms with Crippen LogP contribution in [-0.2, 0) is 0 Å². The molecule has 1 aromatic rings. The van der Waals surface area contributed by atoms with Crippen LogP contribution in [0.5, 0.6) is 0 Å². The summed E-state index contributed by atoms with van der Waals surface area (Å²) < 4.78 is 13.0. The minimum absolute atomic E-state index is 0.0543. The van der Waals surface area contributed by atoms with Crippen LogP contribution in [0.1, 0.15) is 18.4 Å². The minimum Gasteiger partial charge on any atom is -0.393 e. The number of benzene rings is 1. The van der Waals surface area contributed by atoms with E-state index in [-0.39, 0.29) is 11.7 Å². The number of anilines is 1. The number of nitrogens with one attached hydrogen (secondary N) is 1. The molecule has 1 saturated carbocycles. The van der Waals surface area contributed by atoms with Crippen LogP contribution >= 0.6 is 0 Å². The fourth-order valence-corrected chi connectivity index (χ4v) is 1.85. The lowest BCUT2D eigenvalue weighted by Gasteiger charge is -2.31. The van der Waals surface area contributed by atoms with Crippen LogP contribution in [0, 0.1) is 23.1 Å². The molecule has 0 spiro atoms. The molecule has 2 rings (SSSR count). The second-order valence-electron chi connectivity index (χ2n) is 4.18. The molecule has 0 aliphatic heterocycles. The predicted molar refractivity (Wildman–Crippen MR) is 58.3 cm³/mol. The van der Waals surface area contributed by atoms with Gasteiger partial charge in [-0.2, -0.15) is 5.26 Å². The maximum atomic E-state index is 13.0. The number of halogens is 1. The molecule has 1 aliphatic rings. The first-order valence-electron chi connectivity index (χ1n) is 5.30. The summed E-state index contributed by atoms with van der Waals surface area (Å²) in [7, 11) is 0. The molecule has 0 atom stereocenters. The van der Waals surface area contributed by atoms with Gasteiger partial charge in [-0.1, -0.05) is 0 Å². The van der Waals surface area contributed by atoms with Crippen molar-refractivity contribution in [3.05, 3.63) is 29.6 Å². The number of aliphatic hydroxyl groups excluding tert-OH is 1. The lowest BCUT2D eigenvalue weighted by Crippen LogP contribution is -2.33. The molecular weight excluding hydrogens is 207 g/mol. The first-order valence-corrected chi connectivity index (χ1v) is 5.30. The average molecular weight is 220 g/mol. The number of hydrogen-bond donors (Lipinski definition) is 2. The van der Waals surface area contributed by atoms with E-state index in [1.807, 2.05) is 0 Å². The van der Waals surface area contributed by atoms with E-state index < -0.39 is 5.82 Å². The van der Waals surface area contributed by atoms with E-state index in [9.17, 15) is 4.39 Å². The minimum atomic E-state index is -0.493. The van der Waals surface area contributed by atoms with E-state index in [4.69, 9.17) is 10.4 Å². The van der Waals surface area contributed by atoms with Gasteiger partial charge in [-0.25, -0.2) is 4.39 Å². The van der Waals surface area contributed by atoms with Crippen molar-refractivity contribution in [2.75, 3.05) is 11.9 Å². The maximum Gasteiger partial charge on any atom is 0.141 e. The Bertz CT molecular complexity index is 422. The van der Waals surface area contributed by atoms with Gasteiger partial charge in [-0.05, 0) is 37.0 Å². The van der Waals surface area contributed by atoms with Crippen LogP contribution in [0.3, 0.4) is 0 Å². The van der Waals surface area contributed by atoms with Crippen LogP contribution in [0.4, 0.5) is 10.1 Å². The zero-order chi connectivity index (χ0) is 11.5. The quantitative estimate of drug-likeness (QED) is 0.817. The molecule has 0 saturated heterocycles. The molecule has 0 heterocycles. The van der Waals surface area contributed by atoms with Crippen molar-refractivity contribution >= 4 is 5.69 Å². The Labute approximate surface area is 93.5 Å². The van der Waals surface area contributed by atoms with Crippen molar-refractivity contribution in [3.8, 4) is 6.07 Å². The molecule has 84 valence electrons. The van der Waals surface area contributed by atoms with Crippen LogP contribution in [0.2, 0.25) is 0 Å². The number of nitrogens with zero attached hydrogens (tertiary/aromatic N) is 1. The summed E-state index contributed by atoms with van der Waals surface area (Å²) in [5.74, 6) is -0.0160. The van der Waals surface area contributed by atoms with Crippen LogP contribution in [0.15, 0.2) is 18.2 Å². The Morgan fingerprint density at radius 1 is 1.50 bits per heavy atom. The SMILES string of the molecule is N#Cc1cc(NCC2CC(O)C2)ccc1F. The molecule has 0 amide bonds. The van der Waals surface area contributed by atoms with Gasteiger partial charge in [0.05, 0.1) is 11.7 Å². The number of hydrogen-bond acceptors (Lipinski definition) is 3. The normalized spacial score (nSPS) is 23.3. The number of aliphatic hydroxyl groups is 1. The van der Waals surface area contributed by atoms with Gasteiger partial charge in [-0.15, -0.1) is 0 Å². The van der Waals surface area contributed by atoms with Crippen LogP contribution in [0.25, 0.3) is 0 Å². The highest BCUT2D eigenvalue weighted by Gasteiger charge is 2.26. The molecule has 1 aromatic carbocycles. The summed E-state index contributed by atoms with van der Waals surface area (Å²) in [6, 6.07) is 6.21. The van der Waals surface area contributed by atoms with Crippen molar-refractivity contribution in [2.24, 2.45) is 5.92 Å². The molecule has 0 unspecified atom stereocenters. The smallest absolute Gasteiger partial charge is 0.141 e. The number of rotatable bonds is 3. The summed E-state index contributed by atoms with van der Waals surface area (Å²) in [6.45, 7) is 0.758. The first kappa shape index (κ1) is 10.9. The van der Waals surface area contributed by atoms with Gasteiger partial charge in [0.1, 0.15) is 11.9 Å². The molecular formula is C12H13FN2O. The van der Waals surface area contributed by atoms with Gasteiger partial charge in [-0.3, -0.25) is 0 Å². The number of nitriles is 1. The third-order valence-electron chi connectivity index (χ3n) is 2.89. The zero-order valence-corrected chi connectivity index (χ0v) is 8.78. The van der Waals surface area contributed by atoms with Crippen LogP contribution in [-0.4, -0.2) is 17.8 Å². The second-order valence-corrected chi connectivity index (χ2v) is 4.18. The summed E-state index contributed by atoms with van der Waals surface area (Å²) in [4.78, 5) is 0. The van der Waals surface area contributed by atoms with Gasteiger partial charge in [0, 0.05) is 12.2 Å². The first-order chi connectivity index (χ1) is 7.69. The highest BCUT2D eigenvalue weighted by molar-refractivity contribution is 5.49. The van der Waals surface area contributed by atoms with Gasteiger partial charge >= 0.3 is 0 Å². The lowest BCUT2D eigenvalue weighted by atomic mass is 9.82. The molecule has 0 bridgehead atoms. The standard InChI is InChI=1S/C12H13FN2O/c13-12-2-1-10(5-9(12)6-14)15-7-8-3-11(16)4-8/h1-2,5,8,11,15-16H,3-4,7H2. The average Bonchev–Trinajstić information content (AvgIpc) is 2.24. The second kappa shape index (κ2) is 4.50. The van der Waals surface area contributed by atoms with Gasteiger partial charge in [0.25, 0.3) is 0 Å². The fraction of sp³-hybridized carbons (Fsp3) is 0.417. The zero-order valence-electron chi connectivity index (χ0n) is 8.78. The summed E-state index contributed by atoms with van der Waals surface area (Å²) in [5, 5.41) is 20.9. The lowest BCUT2D eigenvalue weighted by molar-refractivity contribution is 0.0487. The van der Waals surface area contributed by atoms with E-state index in [2.05, 4.69) is 5.32 Å². The van der Waals surface area contributed by atoms with Gasteiger partial charge in [0.2, 0.25) is 0 Å². The Hall–Kier alpha value is -1.60. The monoisotopic (exact) mass is 220 g/mol. The predicted octanol–water partition coefficient (Wildman–Crippen LogP) is 1.88. The van der Waals surface area contributed by atoms with E-state index in [0.29, 0.717) is 5.92 Å². The Morgan fingerprint density at radius 2 is 2.25 bits per heavy atom. The highest BCUT2D eigenvalue weighted by Crippen LogP contribution is 2.27. The van der Waals surface area contributed by atoms with Crippen molar-refractivity contribution in [2.45, 2.75) is 18.9 Å². The van der Waals surface area contributed by atoms with E-state index in [0.717, 1.165) is 25.1 Å².